The van der Waals surface area contributed by atoms with Gasteiger partial charge in [0.1, 0.15) is 5.00 Å². The van der Waals surface area contributed by atoms with E-state index < -0.39 is 23.8 Å². The largest absolute Gasteiger partial charge is 0.481 e. The summed E-state index contributed by atoms with van der Waals surface area (Å²) in [6, 6.07) is 1.59. The molecule has 0 radical (unpaired) electrons. The highest BCUT2D eigenvalue weighted by molar-refractivity contribution is 7.14. The number of hydrogen-bond acceptors (Lipinski definition) is 5. The van der Waals surface area contributed by atoms with Crippen LogP contribution in [-0.2, 0) is 14.3 Å². The maximum Gasteiger partial charge on any atom is 0.341 e. The van der Waals surface area contributed by atoms with Crippen LogP contribution in [0.5, 0.6) is 0 Å². The number of anilines is 1. The van der Waals surface area contributed by atoms with Crippen LogP contribution in [0, 0.1) is 11.8 Å². The number of rotatable bonds is 5. The topological polar surface area (TPSA) is 92.7 Å². The minimum Gasteiger partial charge on any atom is -0.481 e. The van der Waals surface area contributed by atoms with Crippen molar-refractivity contribution in [3.8, 4) is 0 Å². The first-order valence-corrected chi connectivity index (χ1v) is 9.06. The first-order chi connectivity index (χ1) is 11.7. The standard InChI is InChI=1S/C18H23NO5S/c1-9(2)24-18(23)12-5-6-25-16(12)19-15(20)13-7-10(3)11(4)8-14(13)17(21)22/h5-6,9,13-14H,7-8H2,1-4H3,(H,19,20)(H,21,22)/t13-,14-/m0/s1. The van der Waals surface area contributed by atoms with Gasteiger partial charge in [0.15, 0.2) is 0 Å². The SMILES string of the molecule is CC1=C(C)C[C@H](C(=O)Nc2sccc2C(=O)OC(C)C)[C@@H](C(=O)O)C1. The second kappa shape index (κ2) is 7.82. The van der Waals surface area contributed by atoms with Crippen molar-refractivity contribution in [2.45, 2.75) is 46.6 Å². The van der Waals surface area contributed by atoms with E-state index in [2.05, 4.69) is 5.32 Å². The van der Waals surface area contributed by atoms with E-state index in [0.717, 1.165) is 11.1 Å². The number of esters is 1. The van der Waals surface area contributed by atoms with Crippen molar-refractivity contribution >= 4 is 34.2 Å². The van der Waals surface area contributed by atoms with Gasteiger partial charge in [-0.15, -0.1) is 11.3 Å². The Bertz CT molecular complexity index is 719. The molecular formula is C18H23NO5S. The van der Waals surface area contributed by atoms with Gasteiger partial charge < -0.3 is 15.2 Å². The van der Waals surface area contributed by atoms with Crippen molar-refractivity contribution in [2.24, 2.45) is 11.8 Å². The maximum absolute atomic E-state index is 12.7. The molecular weight excluding hydrogens is 342 g/mol. The molecule has 0 fully saturated rings. The number of hydrogen-bond donors (Lipinski definition) is 2. The maximum atomic E-state index is 12.7. The lowest BCUT2D eigenvalue weighted by Gasteiger charge is -2.29. The molecule has 1 aliphatic carbocycles. The molecule has 7 heteroatoms. The Hall–Kier alpha value is -2.15. The molecule has 2 rings (SSSR count). The molecule has 1 amide bonds. The molecule has 25 heavy (non-hydrogen) atoms. The molecule has 0 saturated heterocycles. The van der Waals surface area contributed by atoms with E-state index in [-0.39, 0.29) is 17.6 Å². The van der Waals surface area contributed by atoms with Gasteiger partial charge in [0.2, 0.25) is 5.91 Å². The summed E-state index contributed by atoms with van der Waals surface area (Å²) in [6.45, 7) is 7.32. The molecule has 0 unspecified atom stereocenters. The van der Waals surface area contributed by atoms with E-state index in [4.69, 9.17) is 4.74 Å². The summed E-state index contributed by atoms with van der Waals surface area (Å²) >= 11 is 1.22. The quantitative estimate of drug-likeness (QED) is 0.613. The van der Waals surface area contributed by atoms with Crippen LogP contribution in [0.1, 0.15) is 50.9 Å². The number of carbonyl (C=O) groups is 3. The molecule has 0 spiro atoms. The zero-order valence-corrected chi connectivity index (χ0v) is 15.6. The molecule has 0 aromatic carbocycles. The number of allylic oxidation sites excluding steroid dienone is 2. The summed E-state index contributed by atoms with van der Waals surface area (Å²) in [6.07, 6.45) is 0.513. The lowest BCUT2D eigenvalue weighted by Crippen LogP contribution is -2.36. The zero-order valence-electron chi connectivity index (χ0n) is 14.8. The second-order valence-corrected chi connectivity index (χ2v) is 7.54. The highest BCUT2D eigenvalue weighted by Crippen LogP contribution is 2.36. The number of ether oxygens (including phenoxy) is 1. The fourth-order valence-electron chi connectivity index (χ4n) is 2.88. The van der Waals surface area contributed by atoms with Gasteiger partial charge in [0, 0.05) is 0 Å². The third-order valence-corrected chi connectivity index (χ3v) is 5.21. The molecule has 2 atom stereocenters. The number of carbonyl (C=O) groups excluding carboxylic acids is 2. The van der Waals surface area contributed by atoms with Crippen LogP contribution in [0.4, 0.5) is 5.00 Å². The summed E-state index contributed by atoms with van der Waals surface area (Å²) < 4.78 is 5.17. The lowest BCUT2D eigenvalue weighted by molar-refractivity contribution is -0.146. The van der Waals surface area contributed by atoms with Crippen molar-refractivity contribution in [3.05, 3.63) is 28.2 Å². The lowest BCUT2D eigenvalue weighted by atomic mass is 9.76. The third kappa shape index (κ3) is 4.48. The van der Waals surface area contributed by atoms with Gasteiger partial charge in [-0.3, -0.25) is 9.59 Å². The Morgan fingerprint density at radius 3 is 2.36 bits per heavy atom. The van der Waals surface area contributed by atoms with E-state index in [1.807, 2.05) is 13.8 Å². The Balaban J connectivity index is 2.18. The number of amides is 1. The predicted molar refractivity (Wildman–Crippen MR) is 95.7 cm³/mol. The molecule has 0 bridgehead atoms. The van der Waals surface area contributed by atoms with E-state index in [1.54, 1.807) is 25.3 Å². The van der Waals surface area contributed by atoms with Crippen LogP contribution in [0.25, 0.3) is 0 Å². The fraction of sp³-hybridized carbons (Fsp3) is 0.500. The van der Waals surface area contributed by atoms with Crippen molar-refractivity contribution in [3.63, 3.8) is 0 Å². The Labute approximate surface area is 150 Å². The fourth-order valence-corrected chi connectivity index (χ4v) is 3.65. The van der Waals surface area contributed by atoms with Gasteiger partial charge in [-0.05, 0) is 52.0 Å². The van der Waals surface area contributed by atoms with Crippen LogP contribution in [-0.4, -0.2) is 29.1 Å². The number of carboxylic acids is 1. The summed E-state index contributed by atoms with van der Waals surface area (Å²) in [5, 5.41) is 14.3. The van der Waals surface area contributed by atoms with Crippen LogP contribution in [0.3, 0.4) is 0 Å². The van der Waals surface area contributed by atoms with Gasteiger partial charge in [-0.2, -0.15) is 0 Å². The third-order valence-electron chi connectivity index (χ3n) is 4.39. The summed E-state index contributed by atoms with van der Waals surface area (Å²) in [4.78, 5) is 36.3. The predicted octanol–water partition coefficient (Wildman–Crippen LogP) is 3.70. The zero-order chi connectivity index (χ0) is 18.7. The summed E-state index contributed by atoms with van der Waals surface area (Å²) in [7, 11) is 0. The molecule has 1 aromatic rings. The monoisotopic (exact) mass is 365 g/mol. The average molecular weight is 365 g/mol. The number of carboxylic acid groups (broad SMARTS) is 1. The molecule has 6 nitrogen and oxygen atoms in total. The highest BCUT2D eigenvalue weighted by Gasteiger charge is 2.37. The molecule has 0 saturated carbocycles. The Kier molecular flexibility index (Phi) is 6.00. The van der Waals surface area contributed by atoms with Crippen LogP contribution >= 0.6 is 11.3 Å². The highest BCUT2D eigenvalue weighted by atomic mass is 32.1. The van der Waals surface area contributed by atoms with Crippen LogP contribution in [0.2, 0.25) is 0 Å². The van der Waals surface area contributed by atoms with E-state index in [9.17, 15) is 19.5 Å². The molecule has 1 aliphatic rings. The summed E-state index contributed by atoms with van der Waals surface area (Å²) in [5.74, 6) is -3.26. The minimum absolute atomic E-state index is 0.263. The van der Waals surface area contributed by atoms with E-state index >= 15 is 0 Å². The van der Waals surface area contributed by atoms with Gasteiger partial charge in [0.05, 0.1) is 23.5 Å². The molecule has 0 aliphatic heterocycles. The van der Waals surface area contributed by atoms with Gasteiger partial charge in [-0.25, -0.2) is 4.79 Å². The van der Waals surface area contributed by atoms with Gasteiger partial charge in [0.25, 0.3) is 0 Å². The Morgan fingerprint density at radius 1 is 1.20 bits per heavy atom. The summed E-state index contributed by atoms with van der Waals surface area (Å²) in [5.41, 5.74) is 2.36. The van der Waals surface area contributed by atoms with Crippen molar-refractivity contribution < 1.29 is 24.2 Å². The molecule has 136 valence electrons. The van der Waals surface area contributed by atoms with Crippen LogP contribution < -0.4 is 5.32 Å². The van der Waals surface area contributed by atoms with Gasteiger partial charge >= 0.3 is 11.9 Å². The smallest absolute Gasteiger partial charge is 0.341 e. The number of nitrogens with one attached hydrogen (secondary N) is 1. The number of thiophene rings is 1. The average Bonchev–Trinajstić information content (AvgIpc) is 2.96. The minimum atomic E-state index is -0.974. The molecule has 1 aromatic heterocycles. The number of aliphatic carboxylic acids is 1. The molecule has 1 heterocycles. The molecule has 2 N–H and O–H groups in total. The van der Waals surface area contributed by atoms with E-state index in [0.29, 0.717) is 17.8 Å². The van der Waals surface area contributed by atoms with Crippen molar-refractivity contribution in [2.75, 3.05) is 5.32 Å². The van der Waals surface area contributed by atoms with Crippen molar-refractivity contribution in [1.82, 2.24) is 0 Å². The van der Waals surface area contributed by atoms with Crippen LogP contribution in [0.15, 0.2) is 22.6 Å². The normalized spacial score (nSPS) is 20.5. The first-order valence-electron chi connectivity index (χ1n) is 8.18. The Morgan fingerprint density at radius 2 is 1.80 bits per heavy atom. The van der Waals surface area contributed by atoms with E-state index in [1.165, 1.54) is 11.3 Å². The first kappa shape index (κ1) is 19.2. The second-order valence-electron chi connectivity index (χ2n) is 6.63. The van der Waals surface area contributed by atoms with Crippen molar-refractivity contribution in [1.29, 1.82) is 0 Å². The van der Waals surface area contributed by atoms with Gasteiger partial charge in [-0.1, -0.05) is 11.1 Å².